The minimum absolute atomic E-state index is 0.139. The largest absolute Gasteiger partial charge is 0.477 e. The van der Waals surface area contributed by atoms with Gasteiger partial charge in [-0.25, -0.2) is 9.78 Å². The van der Waals surface area contributed by atoms with Crippen LogP contribution in [0.5, 0.6) is 0 Å². The van der Waals surface area contributed by atoms with Crippen LogP contribution in [0.1, 0.15) is 6.92 Å². The molecule has 0 amide bonds. The molecule has 0 atom stereocenters. The number of hydrogen-bond acceptors (Lipinski definition) is 6. The van der Waals surface area contributed by atoms with Crippen molar-refractivity contribution in [3.8, 4) is 0 Å². The lowest BCUT2D eigenvalue weighted by Crippen LogP contribution is -2.10. The van der Waals surface area contributed by atoms with E-state index in [4.69, 9.17) is 5.11 Å². The van der Waals surface area contributed by atoms with Crippen LogP contribution >= 0.6 is 0 Å². The van der Waals surface area contributed by atoms with Gasteiger partial charge in [-0.2, -0.15) is 5.10 Å². The number of hydrogen-bond donors (Lipinski definition) is 2. The Kier molecular flexibility index (Phi) is 3.49. The molecule has 1 heterocycles. The number of hydrazone groups is 1. The number of anilines is 1. The molecule has 1 aromatic heterocycles. The van der Waals surface area contributed by atoms with Gasteiger partial charge in [0.2, 0.25) is 0 Å². The van der Waals surface area contributed by atoms with Gasteiger partial charge in [0.05, 0.1) is 4.92 Å². The maximum atomic E-state index is 10.4. The lowest BCUT2D eigenvalue weighted by Gasteiger charge is -1.98. The first-order valence-corrected chi connectivity index (χ1v) is 4.14. The lowest BCUT2D eigenvalue weighted by molar-refractivity contribution is -0.385. The highest BCUT2D eigenvalue weighted by atomic mass is 16.6. The summed E-state index contributed by atoms with van der Waals surface area (Å²) >= 11 is 0. The number of carboxylic acid groups (broad SMARTS) is 1. The fourth-order valence-corrected chi connectivity index (χ4v) is 0.749. The van der Waals surface area contributed by atoms with Gasteiger partial charge in [0.25, 0.3) is 5.69 Å². The summed E-state index contributed by atoms with van der Waals surface area (Å²) in [5.41, 5.74) is 2.08. The fraction of sp³-hybridized carbons (Fsp3) is 0.125. The molecular formula is C8H8N4O4. The molecule has 1 rings (SSSR count). The van der Waals surface area contributed by atoms with Gasteiger partial charge in [0.15, 0.2) is 0 Å². The van der Waals surface area contributed by atoms with Gasteiger partial charge >= 0.3 is 5.97 Å². The van der Waals surface area contributed by atoms with Crippen LogP contribution in [-0.2, 0) is 4.79 Å². The molecule has 0 saturated heterocycles. The molecule has 0 unspecified atom stereocenters. The molecule has 16 heavy (non-hydrogen) atoms. The van der Waals surface area contributed by atoms with E-state index in [0.29, 0.717) is 0 Å². The molecule has 84 valence electrons. The number of aromatic nitrogens is 1. The molecule has 0 aromatic carbocycles. The highest BCUT2D eigenvalue weighted by Gasteiger charge is 2.05. The van der Waals surface area contributed by atoms with Crippen molar-refractivity contribution in [1.82, 2.24) is 4.98 Å². The van der Waals surface area contributed by atoms with Crippen LogP contribution in [0.2, 0.25) is 0 Å². The standard InChI is InChI=1S/C8H8N4O4/c1-5(8(13)14)10-11-7-3-2-6(4-9-7)12(15)16/h2-4H,1H3,(H,9,11)(H,13,14). The van der Waals surface area contributed by atoms with Gasteiger partial charge in [-0.3, -0.25) is 15.5 Å². The summed E-state index contributed by atoms with van der Waals surface area (Å²) in [5, 5.41) is 22.3. The summed E-state index contributed by atoms with van der Waals surface area (Å²) in [7, 11) is 0. The first-order valence-electron chi connectivity index (χ1n) is 4.14. The van der Waals surface area contributed by atoms with Crippen molar-refractivity contribution in [2.75, 3.05) is 5.43 Å². The number of nitro groups is 1. The van der Waals surface area contributed by atoms with Gasteiger partial charge in [0, 0.05) is 6.07 Å². The zero-order valence-electron chi connectivity index (χ0n) is 8.25. The summed E-state index contributed by atoms with van der Waals surface area (Å²) in [5.74, 6) is -0.930. The molecule has 2 N–H and O–H groups in total. The SMILES string of the molecule is CC(=NNc1ccc([N+](=O)[O-])cn1)C(=O)O. The van der Waals surface area contributed by atoms with Crippen LogP contribution in [0.3, 0.4) is 0 Å². The van der Waals surface area contributed by atoms with E-state index in [-0.39, 0.29) is 17.2 Å². The van der Waals surface area contributed by atoms with Crippen molar-refractivity contribution in [3.63, 3.8) is 0 Å². The Morgan fingerprint density at radius 1 is 1.62 bits per heavy atom. The third-order valence-electron chi connectivity index (χ3n) is 1.61. The Balaban J connectivity index is 2.73. The van der Waals surface area contributed by atoms with E-state index < -0.39 is 10.9 Å². The van der Waals surface area contributed by atoms with Crippen LogP contribution < -0.4 is 5.43 Å². The van der Waals surface area contributed by atoms with E-state index in [2.05, 4.69) is 15.5 Å². The maximum absolute atomic E-state index is 10.4. The van der Waals surface area contributed by atoms with E-state index >= 15 is 0 Å². The Labute approximate surface area is 89.8 Å². The minimum Gasteiger partial charge on any atom is -0.477 e. The van der Waals surface area contributed by atoms with Crippen molar-refractivity contribution in [2.24, 2.45) is 5.10 Å². The number of aliphatic carboxylic acids is 1. The molecule has 0 saturated carbocycles. The normalized spacial score (nSPS) is 10.9. The first kappa shape index (κ1) is 11.6. The molecule has 0 fully saturated rings. The lowest BCUT2D eigenvalue weighted by atomic mass is 10.4. The van der Waals surface area contributed by atoms with Crippen LogP contribution in [0, 0.1) is 10.1 Å². The Bertz CT molecular complexity index is 440. The molecule has 1 aromatic rings. The Hall–Kier alpha value is -2.51. The molecule has 0 bridgehead atoms. The quantitative estimate of drug-likeness (QED) is 0.445. The van der Waals surface area contributed by atoms with E-state index in [1.54, 1.807) is 0 Å². The highest BCUT2D eigenvalue weighted by molar-refractivity contribution is 6.34. The number of carboxylic acids is 1. The van der Waals surface area contributed by atoms with Crippen molar-refractivity contribution in [2.45, 2.75) is 6.92 Å². The second kappa shape index (κ2) is 4.82. The smallest absolute Gasteiger partial charge is 0.351 e. The average Bonchev–Trinajstić information content (AvgIpc) is 2.26. The average molecular weight is 224 g/mol. The van der Waals surface area contributed by atoms with Gasteiger partial charge in [-0.1, -0.05) is 0 Å². The monoisotopic (exact) mass is 224 g/mol. The van der Waals surface area contributed by atoms with Crippen LogP contribution in [-0.4, -0.2) is 26.7 Å². The minimum atomic E-state index is -1.16. The maximum Gasteiger partial charge on any atom is 0.351 e. The van der Waals surface area contributed by atoms with E-state index in [1.165, 1.54) is 19.1 Å². The van der Waals surface area contributed by atoms with E-state index in [1.807, 2.05) is 0 Å². The third kappa shape index (κ3) is 3.01. The molecule has 8 nitrogen and oxygen atoms in total. The second-order valence-electron chi connectivity index (χ2n) is 2.77. The Morgan fingerprint density at radius 2 is 2.31 bits per heavy atom. The van der Waals surface area contributed by atoms with Crippen molar-refractivity contribution < 1.29 is 14.8 Å². The number of pyridine rings is 1. The van der Waals surface area contributed by atoms with Gasteiger partial charge in [-0.15, -0.1) is 0 Å². The zero-order valence-corrected chi connectivity index (χ0v) is 8.25. The summed E-state index contributed by atoms with van der Waals surface area (Å²) in [6.45, 7) is 1.31. The Morgan fingerprint density at radius 3 is 2.75 bits per heavy atom. The summed E-state index contributed by atoms with van der Waals surface area (Å²) in [6, 6.07) is 2.57. The molecule has 8 heteroatoms. The van der Waals surface area contributed by atoms with Gasteiger partial charge in [0.1, 0.15) is 17.7 Å². The summed E-state index contributed by atoms with van der Waals surface area (Å²) in [4.78, 5) is 23.8. The van der Waals surface area contributed by atoms with Crippen LogP contribution in [0.4, 0.5) is 11.5 Å². The predicted molar refractivity (Wildman–Crippen MR) is 55.3 cm³/mol. The van der Waals surface area contributed by atoms with Crippen molar-refractivity contribution >= 4 is 23.2 Å². The van der Waals surface area contributed by atoms with Crippen LogP contribution in [0.25, 0.3) is 0 Å². The number of carbonyl (C=O) groups is 1. The summed E-state index contributed by atoms with van der Waals surface area (Å²) in [6.07, 6.45) is 1.05. The molecule has 0 spiro atoms. The van der Waals surface area contributed by atoms with Gasteiger partial charge in [-0.05, 0) is 13.0 Å². The highest BCUT2D eigenvalue weighted by Crippen LogP contribution is 2.11. The number of nitrogens with zero attached hydrogens (tertiary/aromatic N) is 3. The third-order valence-corrected chi connectivity index (χ3v) is 1.61. The second-order valence-corrected chi connectivity index (χ2v) is 2.77. The van der Waals surface area contributed by atoms with Crippen molar-refractivity contribution in [1.29, 1.82) is 0 Å². The van der Waals surface area contributed by atoms with Crippen LogP contribution in [0.15, 0.2) is 23.4 Å². The molecule has 0 radical (unpaired) electrons. The van der Waals surface area contributed by atoms with E-state index in [9.17, 15) is 14.9 Å². The molecule has 0 aliphatic heterocycles. The molecule has 0 aliphatic rings. The fourth-order valence-electron chi connectivity index (χ4n) is 0.749. The predicted octanol–water partition coefficient (Wildman–Crippen LogP) is 0.862. The van der Waals surface area contributed by atoms with Gasteiger partial charge < -0.3 is 5.11 Å². The molecular weight excluding hydrogens is 216 g/mol. The van der Waals surface area contributed by atoms with Crippen molar-refractivity contribution in [3.05, 3.63) is 28.4 Å². The van der Waals surface area contributed by atoms with E-state index in [0.717, 1.165) is 6.20 Å². The first-order chi connectivity index (χ1) is 7.50. The number of rotatable bonds is 4. The topological polar surface area (TPSA) is 118 Å². The molecule has 0 aliphatic carbocycles. The number of nitrogens with one attached hydrogen (secondary N) is 1. The zero-order chi connectivity index (χ0) is 12.1. The summed E-state index contributed by atoms with van der Waals surface area (Å²) < 4.78 is 0.